The van der Waals surface area contributed by atoms with Gasteiger partial charge in [-0.05, 0) is 25.5 Å². The number of hydrogen-bond donors (Lipinski definition) is 1. The minimum atomic E-state index is -4.21. The highest BCUT2D eigenvalue weighted by Gasteiger charge is 2.30. The molecule has 0 amide bonds. The van der Waals surface area contributed by atoms with Crippen molar-refractivity contribution in [3.05, 3.63) is 24.0 Å². The first-order valence-corrected chi connectivity index (χ1v) is 5.86. The van der Waals surface area contributed by atoms with E-state index in [1.54, 1.807) is 19.1 Å². The first-order valence-electron chi connectivity index (χ1n) is 5.86. The number of pyridine rings is 1. The highest BCUT2D eigenvalue weighted by atomic mass is 19.4. The molecule has 0 aliphatic heterocycles. The van der Waals surface area contributed by atoms with Crippen LogP contribution in [0.25, 0.3) is 0 Å². The Kier molecular flexibility index (Phi) is 4.95. The van der Waals surface area contributed by atoms with E-state index in [1.807, 2.05) is 6.92 Å². The number of hydrogen-bond acceptors (Lipinski definition) is 3. The molecule has 0 saturated heterocycles. The fraction of sp³-hybridized carbons (Fsp3) is 0.583. The van der Waals surface area contributed by atoms with E-state index < -0.39 is 12.7 Å². The van der Waals surface area contributed by atoms with E-state index in [9.17, 15) is 13.2 Å². The van der Waals surface area contributed by atoms with Gasteiger partial charge in [-0.25, -0.2) is 0 Å². The maximum atomic E-state index is 12.4. The molecule has 3 nitrogen and oxygen atoms in total. The van der Waals surface area contributed by atoms with Crippen LogP contribution in [0.15, 0.2) is 18.3 Å². The first-order chi connectivity index (χ1) is 8.33. The summed E-state index contributed by atoms with van der Waals surface area (Å²) < 4.78 is 37.3. The third kappa shape index (κ3) is 4.52. The van der Waals surface area contributed by atoms with Crippen molar-refractivity contribution in [2.24, 2.45) is 5.73 Å². The zero-order valence-corrected chi connectivity index (χ0v) is 10.5. The number of aromatic nitrogens is 1. The highest BCUT2D eigenvalue weighted by molar-refractivity contribution is 5.45. The summed E-state index contributed by atoms with van der Waals surface area (Å²) in [6, 6.07) is 3.08. The van der Waals surface area contributed by atoms with Crippen LogP contribution >= 0.6 is 0 Å². The fourth-order valence-electron chi connectivity index (χ4n) is 1.64. The minimum Gasteiger partial charge on any atom is -0.361 e. The van der Waals surface area contributed by atoms with Crippen molar-refractivity contribution in [3.8, 4) is 0 Å². The van der Waals surface area contributed by atoms with E-state index in [1.165, 1.54) is 11.1 Å². The SMILES string of the molecule is CCCN(CC(F)(F)F)c1ccc([C@@H](C)N)nc1. The molecule has 1 aromatic heterocycles. The molecule has 6 heteroatoms. The van der Waals surface area contributed by atoms with Crippen molar-refractivity contribution in [3.63, 3.8) is 0 Å². The van der Waals surface area contributed by atoms with Crippen LogP contribution in [0.2, 0.25) is 0 Å². The summed E-state index contributed by atoms with van der Waals surface area (Å²) in [5, 5.41) is 0. The normalized spacial score (nSPS) is 13.4. The third-order valence-corrected chi connectivity index (χ3v) is 2.47. The van der Waals surface area contributed by atoms with Crippen molar-refractivity contribution < 1.29 is 13.2 Å². The van der Waals surface area contributed by atoms with Gasteiger partial charge in [0.1, 0.15) is 6.54 Å². The topological polar surface area (TPSA) is 42.1 Å². The molecule has 1 aromatic rings. The van der Waals surface area contributed by atoms with E-state index in [-0.39, 0.29) is 6.04 Å². The van der Waals surface area contributed by atoms with Crippen LogP contribution in [0.3, 0.4) is 0 Å². The molecule has 1 rings (SSSR count). The van der Waals surface area contributed by atoms with Crippen LogP contribution in [-0.2, 0) is 0 Å². The third-order valence-electron chi connectivity index (χ3n) is 2.47. The van der Waals surface area contributed by atoms with Crippen LogP contribution in [-0.4, -0.2) is 24.2 Å². The average Bonchev–Trinajstić information content (AvgIpc) is 2.27. The van der Waals surface area contributed by atoms with E-state index in [0.717, 1.165) is 0 Å². The Morgan fingerprint density at radius 3 is 2.44 bits per heavy atom. The fourth-order valence-corrected chi connectivity index (χ4v) is 1.64. The molecule has 102 valence electrons. The van der Waals surface area contributed by atoms with Crippen molar-refractivity contribution in [2.75, 3.05) is 18.0 Å². The summed E-state index contributed by atoms with van der Waals surface area (Å²) in [5.74, 6) is 0. The lowest BCUT2D eigenvalue weighted by Crippen LogP contribution is -2.34. The van der Waals surface area contributed by atoms with E-state index in [2.05, 4.69) is 4.98 Å². The summed E-state index contributed by atoms with van der Waals surface area (Å²) in [6.45, 7) is 3.01. The second kappa shape index (κ2) is 6.04. The van der Waals surface area contributed by atoms with Crippen LogP contribution in [0, 0.1) is 0 Å². The molecule has 0 aromatic carbocycles. The first kappa shape index (κ1) is 14.8. The Morgan fingerprint density at radius 1 is 1.39 bits per heavy atom. The number of alkyl halides is 3. The van der Waals surface area contributed by atoms with E-state index in [0.29, 0.717) is 24.3 Å². The molecule has 1 heterocycles. The van der Waals surface area contributed by atoms with Gasteiger partial charge in [-0.3, -0.25) is 4.98 Å². The number of nitrogens with two attached hydrogens (primary N) is 1. The van der Waals surface area contributed by atoms with E-state index >= 15 is 0 Å². The predicted octanol–water partition coefficient (Wildman–Crippen LogP) is 2.88. The van der Waals surface area contributed by atoms with Gasteiger partial charge in [0.25, 0.3) is 0 Å². The monoisotopic (exact) mass is 261 g/mol. The Bertz CT molecular complexity index is 360. The van der Waals surface area contributed by atoms with Crippen LogP contribution in [0.5, 0.6) is 0 Å². The number of halogens is 3. The van der Waals surface area contributed by atoms with Crippen LogP contribution in [0.4, 0.5) is 18.9 Å². The van der Waals surface area contributed by atoms with Gasteiger partial charge in [0, 0.05) is 12.6 Å². The number of rotatable bonds is 5. The second-order valence-corrected chi connectivity index (χ2v) is 4.27. The van der Waals surface area contributed by atoms with Gasteiger partial charge < -0.3 is 10.6 Å². The highest BCUT2D eigenvalue weighted by Crippen LogP contribution is 2.22. The summed E-state index contributed by atoms with van der Waals surface area (Å²) in [5.41, 5.74) is 6.78. The van der Waals surface area contributed by atoms with Crippen molar-refractivity contribution in [2.45, 2.75) is 32.5 Å². The predicted molar refractivity (Wildman–Crippen MR) is 65.4 cm³/mol. The van der Waals surface area contributed by atoms with Crippen molar-refractivity contribution >= 4 is 5.69 Å². The largest absolute Gasteiger partial charge is 0.405 e. The van der Waals surface area contributed by atoms with Crippen molar-refractivity contribution in [1.82, 2.24) is 4.98 Å². The summed E-state index contributed by atoms with van der Waals surface area (Å²) in [6.07, 6.45) is -2.12. The molecule has 0 aliphatic rings. The summed E-state index contributed by atoms with van der Waals surface area (Å²) in [7, 11) is 0. The molecule has 2 N–H and O–H groups in total. The molecule has 0 fully saturated rings. The minimum absolute atomic E-state index is 0.221. The van der Waals surface area contributed by atoms with Gasteiger partial charge in [0.05, 0.1) is 17.6 Å². The molecule has 0 spiro atoms. The molecule has 0 unspecified atom stereocenters. The number of nitrogens with zero attached hydrogens (tertiary/aromatic N) is 2. The van der Waals surface area contributed by atoms with Gasteiger partial charge >= 0.3 is 6.18 Å². The second-order valence-electron chi connectivity index (χ2n) is 4.27. The van der Waals surface area contributed by atoms with Gasteiger partial charge in [-0.1, -0.05) is 6.92 Å². The quantitative estimate of drug-likeness (QED) is 0.886. The Morgan fingerprint density at radius 2 is 2.06 bits per heavy atom. The maximum Gasteiger partial charge on any atom is 0.405 e. The zero-order valence-electron chi connectivity index (χ0n) is 10.5. The molecule has 0 bridgehead atoms. The van der Waals surface area contributed by atoms with Gasteiger partial charge in [-0.15, -0.1) is 0 Å². The molecular formula is C12H18F3N3. The lowest BCUT2D eigenvalue weighted by Gasteiger charge is -2.25. The van der Waals surface area contributed by atoms with Crippen molar-refractivity contribution in [1.29, 1.82) is 0 Å². The van der Waals surface area contributed by atoms with E-state index in [4.69, 9.17) is 5.73 Å². The molecular weight excluding hydrogens is 243 g/mol. The van der Waals surface area contributed by atoms with Gasteiger partial charge in [0.2, 0.25) is 0 Å². The number of anilines is 1. The summed E-state index contributed by atoms with van der Waals surface area (Å²) in [4.78, 5) is 5.35. The smallest absolute Gasteiger partial charge is 0.361 e. The zero-order chi connectivity index (χ0) is 13.8. The Balaban J connectivity index is 2.85. The standard InChI is InChI=1S/C12H18F3N3/c1-3-6-18(8-12(13,14)15)10-4-5-11(9(2)16)17-7-10/h4-5,7,9H,3,6,8,16H2,1-2H3/t9-/m1/s1. The Labute approximate surface area is 105 Å². The molecule has 0 aliphatic carbocycles. The summed E-state index contributed by atoms with van der Waals surface area (Å²) >= 11 is 0. The molecule has 0 saturated carbocycles. The van der Waals surface area contributed by atoms with Crippen LogP contribution < -0.4 is 10.6 Å². The maximum absolute atomic E-state index is 12.4. The van der Waals surface area contributed by atoms with Gasteiger partial charge in [0.15, 0.2) is 0 Å². The molecule has 18 heavy (non-hydrogen) atoms. The lowest BCUT2D eigenvalue weighted by molar-refractivity contribution is -0.119. The average molecular weight is 261 g/mol. The van der Waals surface area contributed by atoms with Crippen LogP contribution in [0.1, 0.15) is 32.0 Å². The molecule has 0 radical (unpaired) electrons. The van der Waals surface area contributed by atoms with Gasteiger partial charge in [-0.2, -0.15) is 13.2 Å². The Hall–Kier alpha value is -1.30. The molecule has 1 atom stereocenters. The lowest BCUT2D eigenvalue weighted by atomic mass is 10.2.